The molecule has 0 radical (unpaired) electrons. The summed E-state index contributed by atoms with van der Waals surface area (Å²) in [6.45, 7) is 5.57. The fourth-order valence-electron chi connectivity index (χ4n) is 1.64. The molecule has 4 nitrogen and oxygen atoms in total. The average Bonchev–Trinajstić information content (AvgIpc) is 2.83. The van der Waals surface area contributed by atoms with E-state index in [1.165, 1.54) is 6.42 Å². The van der Waals surface area contributed by atoms with Crippen molar-refractivity contribution < 1.29 is 9.47 Å². The molecule has 0 aromatic carbocycles. The molecule has 0 aromatic heterocycles. The van der Waals surface area contributed by atoms with Gasteiger partial charge in [-0.2, -0.15) is 0 Å². The Hall–Kier alpha value is -0.260. The van der Waals surface area contributed by atoms with Gasteiger partial charge in [0.1, 0.15) is 0 Å². The molecule has 18 heavy (non-hydrogen) atoms. The SMILES string of the molecule is CCCCOCCCN=C1NC(CCOC)CS1. The van der Waals surface area contributed by atoms with Crippen LogP contribution in [0, 0.1) is 0 Å². The first kappa shape index (κ1) is 15.8. The van der Waals surface area contributed by atoms with Crippen molar-refractivity contribution in [1.29, 1.82) is 0 Å². The van der Waals surface area contributed by atoms with Crippen molar-refractivity contribution in [3.05, 3.63) is 0 Å². The summed E-state index contributed by atoms with van der Waals surface area (Å²) in [5, 5.41) is 4.52. The van der Waals surface area contributed by atoms with Crippen molar-refractivity contribution in [2.45, 2.75) is 38.6 Å². The molecule has 0 bridgehead atoms. The highest BCUT2D eigenvalue weighted by atomic mass is 32.2. The third-order valence-electron chi connectivity index (χ3n) is 2.76. The standard InChI is InChI=1S/C13H26N2O2S/c1-3-4-8-17-9-5-7-14-13-15-12(11-18-13)6-10-16-2/h12H,3-11H2,1-2H3,(H,14,15). The normalized spacial score (nSPS) is 21.4. The van der Waals surface area contributed by atoms with Crippen LogP contribution in [0.1, 0.15) is 32.6 Å². The van der Waals surface area contributed by atoms with Crippen LogP contribution >= 0.6 is 11.8 Å². The number of ether oxygens (including phenoxy) is 2. The smallest absolute Gasteiger partial charge is 0.156 e. The van der Waals surface area contributed by atoms with Crippen LogP contribution in [0.15, 0.2) is 4.99 Å². The van der Waals surface area contributed by atoms with E-state index in [1.807, 2.05) is 11.8 Å². The number of hydrogen-bond acceptors (Lipinski definition) is 4. The summed E-state index contributed by atoms with van der Waals surface area (Å²) in [5.41, 5.74) is 0. The van der Waals surface area contributed by atoms with Crippen LogP contribution in [0.4, 0.5) is 0 Å². The predicted molar refractivity (Wildman–Crippen MR) is 78.5 cm³/mol. The highest BCUT2D eigenvalue weighted by molar-refractivity contribution is 8.14. The molecule has 1 fully saturated rings. The van der Waals surface area contributed by atoms with Gasteiger partial charge in [-0.05, 0) is 19.3 Å². The number of methoxy groups -OCH3 is 1. The first-order chi connectivity index (χ1) is 8.86. The Balaban J connectivity index is 1.99. The van der Waals surface area contributed by atoms with Crippen LogP contribution in [0.2, 0.25) is 0 Å². The van der Waals surface area contributed by atoms with Crippen molar-refractivity contribution in [3.63, 3.8) is 0 Å². The van der Waals surface area contributed by atoms with Gasteiger partial charge in [0.25, 0.3) is 0 Å². The topological polar surface area (TPSA) is 42.8 Å². The molecule has 1 aliphatic heterocycles. The Morgan fingerprint density at radius 1 is 1.33 bits per heavy atom. The van der Waals surface area contributed by atoms with Crippen LogP contribution in [-0.2, 0) is 9.47 Å². The van der Waals surface area contributed by atoms with E-state index >= 15 is 0 Å². The molecule has 0 aliphatic carbocycles. The van der Waals surface area contributed by atoms with Crippen molar-refractivity contribution in [3.8, 4) is 0 Å². The largest absolute Gasteiger partial charge is 0.385 e. The number of amidine groups is 1. The molecule has 1 rings (SSSR count). The number of aliphatic imine (C=N–C) groups is 1. The summed E-state index contributed by atoms with van der Waals surface area (Å²) in [4.78, 5) is 4.55. The molecule has 1 unspecified atom stereocenters. The summed E-state index contributed by atoms with van der Waals surface area (Å²) in [7, 11) is 1.75. The molecule has 1 heterocycles. The van der Waals surface area contributed by atoms with Crippen molar-refractivity contribution >= 4 is 16.9 Å². The molecular weight excluding hydrogens is 248 g/mol. The molecule has 1 aliphatic rings. The van der Waals surface area contributed by atoms with Crippen molar-refractivity contribution in [2.75, 3.05) is 39.2 Å². The van der Waals surface area contributed by atoms with E-state index in [1.54, 1.807) is 7.11 Å². The van der Waals surface area contributed by atoms with Gasteiger partial charge >= 0.3 is 0 Å². The fourth-order valence-corrected chi connectivity index (χ4v) is 2.68. The van der Waals surface area contributed by atoms with Gasteiger partial charge in [-0.1, -0.05) is 25.1 Å². The lowest BCUT2D eigenvalue weighted by Gasteiger charge is -2.08. The van der Waals surface area contributed by atoms with E-state index in [2.05, 4.69) is 17.2 Å². The van der Waals surface area contributed by atoms with Crippen LogP contribution < -0.4 is 5.32 Å². The van der Waals surface area contributed by atoms with E-state index in [4.69, 9.17) is 9.47 Å². The van der Waals surface area contributed by atoms with E-state index in [0.29, 0.717) is 6.04 Å². The summed E-state index contributed by atoms with van der Waals surface area (Å²) in [5.74, 6) is 1.11. The molecular formula is C13H26N2O2S. The van der Waals surface area contributed by atoms with Gasteiger partial charge in [-0.15, -0.1) is 0 Å². The minimum atomic E-state index is 0.523. The lowest BCUT2D eigenvalue weighted by molar-refractivity contribution is 0.130. The molecule has 1 N–H and O–H groups in total. The van der Waals surface area contributed by atoms with Gasteiger partial charge in [-0.25, -0.2) is 0 Å². The lowest BCUT2D eigenvalue weighted by Crippen LogP contribution is -2.28. The number of rotatable bonds is 10. The van der Waals surface area contributed by atoms with E-state index in [-0.39, 0.29) is 0 Å². The number of nitrogens with one attached hydrogen (secondary N) is 1. The van der Waals surface area contributed by atoms with Crippen molar-refractivity contribution in [2.24, 2.45) is 4.99 Å². The molecule has 1 atom stereocenters. The lowest BCUT2D eigenvalue weighted by atomic mass is 10.2. The molecule has 1 saturated heterocycles. The Morgan fingerprint density at radius 3 is 2.94 bits per heavy atom. The number of unbranched alkanes of at least 4 members (excludes halogenated alkanes) is 1. The maximum atomic E-state index is 5.50. The minimum absolute atomic E-state index is 0.523. The zero-order valence-corrected chi connectivity index (χ0v) is 12.4. The summed E-state index contributed by atoms with van der Waals surface area (Å²) < 4.78 is 10.6. The summed E-state index contributed by atoms with van der Waals surface area (Å²) in [6, 6.07) is 0.523. The first-order valence-electron chi connectivity index (χ1n) is 6.87. The second-order valence-corrected chi connectivity index (χ2v) is 5.45. The predicted octanol–water partition coefficient (Wildman–Crippen LogP) is 2.29. The first-order valence-corrected chi connectivity index (χ1v) is 7.85. The Kier molecular flexibility index (Phi) is 9.34. The van der Waals surface area contributed by atoms with Gasteiger partial charge in [0.15, 0.2) is 5.17 Å². The van der Waals surface area contributed by atoms with Gasteiger partial charge in [0.05, 0.1) is 0 Å². The zero-order chi connectivity index (χ0) is 13.1. The molecule has 5 heteroatoms. The number of nitrogens with zero attached hydrogens (tertiary/aromatic N) is 1. The maximum absolute atomic E-state index is 5.50. The van der Waals surface area contributed by atoms with Gasteiger partial charge in [0.2, 0.25) is 0 Å². The highest BCUT2D eigenvalue weighted by Crippen LogP contribution is 2.15. The van der Waals surface area contributed by atoms with Crippen LogP contribution in [0.5, 0.6) is 0 Å². The van der Waals surface area contributed by atoms with Crippen LogP contribution in [0.25, 0.3) is 0 Å². The van der Waals surface area contributed by atoms with Crippen LogP contribution in [-0.4, -0.2) is 50.4 Å². The fraction of sp³-hybridized carbons (Fsp3) is 0.923. The molecule has 0 amide bonds. The maximum Gasteiger partial charge on any atom is 0.156 e. The van der Waals surface area contributed by atoms with Crippen molar-refractivity contribution in [1.82, 2.24) is 5.32 Å². The third-order valence-corrected chi connectivity index (χ3v) is 3.85. The highest BCUT2D eigenvalue weighted by Gasteiger charge is 2.19. The monoisotopic (exact) mass is 274 g/mol. The molecule has 106 valence electrons. The van der Waals surface area contributed by atoms with Gasteiger partial charge in [-0.3, -0.25) is 4.99 Å². The number of thioether (sulfide) groups is 1. The Morgan fingerprint density at radius 2 is 2.17 bits per heavy atom. The van der Waals surface area contributed by atoms with Gasteiger partial charge < -0.3 is 14.8 Å². The summed E-state index contributed by atoms with van der Waals surface area (Å²) >= 11 is 1.82. The average molecular weight is 274 g/mol. The minimum Gasteiger partial charge on any atom is -0.385 e. The summed E-state index contributed by atoms with van der Waals surface area (Å²) in [6.07, 6.45) is 4.43. The van der Waals surface area contributed by atoms with Crippen LogP contribution in [0.3, 0.4) is 0 Å². The Labute approximate surface area is 115 Å². The molecule has 0 spiro atoms. The second-order valence-electron chi connectivity index (χ2n) is 4.44. The Bertz CT molecular complexity index is 237. The van der Waals surface area contributed by atoms with E-state index in [9.17, 15) is 0 Å². The number of hydrogen-bond donors (Lipinski definition) is 1. The zero-order valence-electron chi connectivity index (χ0n) is 11.6. The van der Waals surface area contributed by atoms with E-state index < -0.39 is 0 Å². The molecule has 0 saturated carbocycles. The quantitative estimate of drug-likeness (QED) is 0.621. The van der Waals surface area contributed by atoms with E-state index in [0.717, 1.165) is 56.5 Å². The second kappa shape index (κ2) is 10.6. The van der Waals surface area contributed by atoms with Gasteiger partial charge in [0, 0.05) is 45.3 Å². The third kappa shape index (κ3) is 7.24. The molecule has 0 aromatic rings.